The highest BCUT2D eigenvalue weighted by Crippen LogP contribution is 2.24. The summed E-state index contributed by atoms with van der Waals surface area (Å²) in [6.45, 7) is 5.21. The maximum Gasteiger partial charge on any atom is 0.240 e. The largest absolute Gasteiger partial charge is 0.313 e. The van der Waals surface area contributed by atoms with Gasteiger partial charge in [0, 0.05) is 13.1 Å². The molecule has 0 saturated heterocycles. The van der Waals surface area contributed by atoms with Gasteiger partial charge in [0.25, 0.3) is 0 Å². The van der Waals surface area contributed by atoms with Crippen molar-refractivity contribution in [3.8, 4) is 0 Å². The first-order valence-electron chi connectivity index (χ1n) is 6.60. The van der Waals surface area contributed by atoms with Gasteiger partial charge in [0.1, 0.15) is 5.82 Å². The summed E-state index contributed by atoms with van der Waals surface area (Å²) in [6, 6.07) is 2.36. The average molecular weight is 323 g/mol. The first-order chi connectivity index (χ1) is 9.42. The molecule has 0 aliphatic carbocycles. The number of rotatable bonds is 8. The summed E-state index contributed by atoms with van der Waals surface area (Å²) in [4.78, 5) is -0.0941. The Balaban J connectivity index is 3.03. The van der Waals surface area contributed by atoms with Crippen LogP contribution in [0.2, 0.25) is 5.02 Å². The Hall–Kier alpha value is -0.690. The van der Waals surface area contributed by atoms with Gasteiger partial charge in [0.05, 0.1) is 9.92 Å². The van der Waals surface area contributed by atoms with Crippen LogP contribution in [-0.4, -0.2) is 21.5 Å². The van der Waals surface area contributed by atoms with Crippen LogP contribution in [0, 0.1) is 5.82 Å². The van der Waals surface area contributed by atoms with Crippen LogP contribution in [-0.2, 0) is 16.6 Å². The van der Waals surface area contributed by atoms with E-state index in [1.165, 1.54) is 6.07 Å². The lowest BCUT2D eigenvalue weighted by Gasteiger charge is -2.11. The molecule has 0 heterocycles. The fraction of sp³-hybridized carbons (Fsp3) is 0.538. The van der Waals surface area contributed by atoms with Gasteiger partial charge in [-0.2, -0.15) is 0 Å². The van der Waals surface area contributed by atoms with Crippen LogP contribution in [0.15, 0.2) is 17.0 Å². The average Bonchev–Trinajstić information content (AvgIpc) is 2.40. The van der Waals surface area contributed by atoms with Crippen LogP contribution in [0.3, 0.4) is 0 Å². The zero-order chi connectivity index (χ0) is 15.2. The predicted octanol–water partition coefficient (Wildman–Crippen LogP) is 2.67. The van der Waals surface area contributed by atoms with Gasteiger partial charge in [-0.1, -0.05) is 31.9 Å². The third kappa shape index (κ3) is 4.70. The quantitative estimate of drug-likeness (QED) is 0.723. The molecule has 2 N–H and O–H groups in total. The summed E-state index contributed by atoms with van der Waals surface area (Å²) >= 11 is 5.85. The summed E-state index contributed by atoms with van der Waals surface area (Å²) < 4.78 is 40.3. The fourth-order valence-corrected chi connectivity index (χ4v) is 2.94. The van der Waals surface area contributed by atoms with E-state index >= 15 is 0 Å². The predicted molar refractivity (Wildman–Crippen MR) is 78.9 cm³/mol. The van der Waals surface area contributed by atoms with Gasteiger partial charge in [-0.15, -0.1) is 0 Å². The lowest BCUT2D eigenvalue weighted by molar-refractivity contribution is 0.573. The topological polar surface area (TPSA) is 58.2 Å². The first-order valence-corrected chi connectivity index (χ1v) is 8.46. The van der Waals surface area contributed by atoms with Crippen LogP contribution in [0.5, 0.6) is 0 Å². The molecule has 1 aromatic carbocycles. The van der Waals surface area contributed by atoms with Crippen molar-refractivity contribution in [2.75, 3.05) is 13.1 Å². The molecule has 0 fully saturated rings. The number of hydrogen-bond acceptors (Lipinski definition) is 3. The van der Waals surface area contributed by atoms with E-state index in [0.717, 1.165) is 18.9 Å². The Bertz CT molecular complexity index is 550. The van der Waals surface area contributed by atoms with Gasteiger partial charge in [-0.25, -0.2) is 17.5 Å². The molecule has 114 valence electrons. The van der Waals surface area contributed by atoms with Crippen LogP contribution in [0.25, 0.3) is 0 Å². The minimum atomic E-state index is -3.70. The van der Waals surface area contributed by atoms with Gasteiger partial charge in [0.2, 0.25) is 10.0 Å². The van der Waals surface area contributed by atoms with E-state index in [0.29, 0.717) is 25.2 Å². The van der Waals surface area contributed by atoms with Crippen molar-refractivity contribution in [3.63, 3.8) is 0 Å². The fourth-order valence-electron chi connectivity index (χ4n) is 1.63. The highest BCUT2D eigenvalue weighted by Gasteiger charge is 2.18. The van der Waals surface area contributed by atoms with E-state index in [4.69, 9.17) is 11.6 Å². The first kappa shape index (κ1) is 17.4. The minimum absolute atomic E-state index is 0.0431. The molecule has 0 bridgehead atoms. The highest BCUT2D eigenvalue weighted by molar-refractivity contribution is 7.89. The Kier molecular flexibility index (Phi) is 6.88. The molecule has 7 heteroatoms. The minimum Gasteiger partial charge on any atom is -0.313 e. The van der Waals surface area contributed by atoms with Crippen molar-refractivity contribution in [2.45, 2.75) is 38.1 Å². The van der Waals surface area contributed by atoms with E-state index in [2.05, 4.69) is 10.0 Å². The Morgan fingerprint density at radius 1 is 1.30 bits per heavy atom. The maximum atomic E-state index is 13.7. The van der Waals surface area contributed by atoms with Crippen LogP contribution >= 0.6 is 11.6 Å². The summed E-state index contributed by atoms with van der Waals surface area (Å²) in [5.41, 5.74) is 0.435. The zero-order valence-corrected chi connectivity index (χ0v) is 13.2. The van der Waals surface area contributed by atoms with Crippen LogP contribution < -0.4 is 10.0 Å². The van der Waals surface area contributed by atoms with Gasteiger partial charge < -0.3 is 5.32 Å². The van der Waals surface area contributed by atoms with Crippen LogP contribution in [0.4, 0.5) is 4.39 Å². The third-order valence-electron chi connectivity index (χ3n) is 2.78. The summed E-state index contributed by atoms with van der Waals surface area (Å²) in [5.74, 6) is -0.724. The monoisotopic (exact) mass is 322 g/mol. The third-order valence-corrected chi connectivity index (χ3v) is 4.64. The normalized spacial score (nSPS) is 11.8. The van der Waals surface area contributed by atoms with E-state index in [-0.39, 0.29) is 9.92 Å². The van der Waals surface area contributed by atoms with Crippen molar-refractivity contribution in [2.24, 2.45) is 0 Å². The Morgan fingerprint density at radius 2 is 2.00 bits per heavy atom. The van der Waals surface area contributed by atoms with Crippen molar-refractivity contribution < 1.29 is 12.8 Å². The molecule has 0 amide bonds. The lowest BCUT2D eigenvalue weighted by Crippen LogP contribution is -2.25. The SMILES string of the molecule is CCCCNS(=O)(=O)c1cc(F)c(Cl)c(CNCC)c1. The summed E-state index contributed by atoms with van der Waals surface area (Å²) in [7, 11) is -3.70. The number of benzene rings is 1. The van der Waals surface area contributed by atoms with E-state index in [9.17, 15) is 12.8 Å². The molecule has 0 aliphatic rings. The second-order valence-corrected chi connectivity index (χ2v) is 6.55. The van der Waals surface area contributed by atoms with Gasteiger partial charge in [0.15, 0.2) is 0 Å². The standard InChI is InChI=1S/C13H20ClFN2O2S/c1-3-5-6-17-20(18,19)11-7-10(9-16-4-2)13(14)12(15)8-11/h7-8,16-17H,3-6,9H2,1-2H3. The number of sulfonamides is 1. The highest BCUT2D eigenvalue weighted by atomic mass is 35.5. The molecule has 1 aromatic rings. The molecule has 0 radical (unpaired) electrons. The number of hydrogen-bond donors (Lipinski definition) is 2. The molecule has 1 rings (SSSR count). The van der Waals surface area contributed by atoms with Gasteiger partial charge >= 0.3 is 0 Å². The van der Waals surface area contributed by atoms with Gasteiger partial charge in [-0.05, 0) is 30.7 Å². The Morgan fingerprint density at radius 3 is 2.60 bits per heavy atom. The second-order valence-electron chi connectivity index (χ2n) is 4.41. The second kappa shape index (κ2) is 7.93. The molecule has 0 atom stereocenters. The van der Waals surface area contributed by atoms with Gasteiger partial charge in [-0.3, -0.25) is 0 Å². The molecule has 4 nitrogen and oxygen atoms in total. The van der Waals surface area contributed by atoms with E-state index in [1.54, 1.807) is 0 Å². The van der Waals surface area contributed by atoms with Crippen molar-refractivity contribution in [3.05, 3.63) is 28.5 Å². The van der Waals surface area contributed by atoms with E-state index < -0.39 is 15.8 Å². The smallest absolute Gasteiger partial charge is 0.240 e. The molecular formula is C13H20ClFN2O2S. The number of unbranched alkanes of at least 4 members (excludes halogenated alkanes) is 1. The summed E-state index contributed by atoms with van der Waals surface area (Å²) in [5, 5.41) is 2.95. The molecule has 0 unspecified atom stereocenters. The zero-order valence-electron chi connectivity index (χ0n) is 11.7. The van der Waals surface area contributed by atoms with Crippen LogP contribution in [0.1, 0.15) is 32.3 Å². The van der Waals surface area contributed by atoms with Crippen molar-refractivity contribution >= 4 is 21.6 Å². The molecule has 0 saturated carbocycles. The maximum absolute atomic E-state index is 13.7. The molecule has 0 aromatic heterocycles. The summed E-state index contributed by atoms with van der Waals surface area (Å²) in [6.07, 6.45) is 1.61. The lowest BCUT2D eigenvalue weighted by atomic mass is 10.2. The molecule has 0 aliphatic heterocycles. The van der Waals surface area contributed by atoms with Crippen molar-refractivity contribution in [1.29, 1.82) is 0 Å². The number of halogens is 2. The molecular weight excluding hydrogens is 303 g/mol. The Labute approximate surface area is 124 Å². The molecule has 20 heavy (non-hydrogen) atoms. The number of nitrogens with one attached hydrogen (secondary N) is 2. The molecule has 0 spiro atoms. The van der Waals surface area contributed by atoms with Crippen molar-refractivity contribution in [1.82, 2.24) is 10.0 Å². The van der Waals surface area contributed by atoms with E-state index in [1.807, 2.05) is 13.8 Å².